The highest BCUT2D eigenvalue weighted by atomic mass is 16.9. The van der Waals surface area contributed by atoms with Crippen LogP contribution in [0.2, 0.25) is 0 Å². The summed E-state index contributed by atoms with van der Waals surface area (Å²) in [6.07, 6.45) is 1.43. The molecule has 1 heterocycles. The van der Waals surface area contributed by atoms with Crippen molar-refractivity contribution in [3.8, 4) is 0 Å². The highest BCUT2D eigenvalue weighted by Gasteiger charge is 2.33. The summed E-state index contributed by atoms with van der Waals surface area (Å²) in [6, 6.07) is 6.93. The maximum atomic E-state index is 9.14. The molecule has 0 amide bonds. The molecule has 0 saturated heterocycles. The molecule has 0 fully saturated rings. The second-order valence-electron chi connectivity index (χ2n) is 2.37. The van der Waals surface area contributed by atoms with Crippen LogP contribution in [0, 0.1) is 0 Å². The Morgan fingerprint density at radius 2 is 1.91 bits per heavy atom. The molecular formula is C7H7N2O2+. The van der Waals surface area contributed by atoms with Gasteiger partial charge in [0.05, 0.1) is 5.56 Å². The van der Waals surface area contributed by atoms with Crippen LogP contribution in [0.4, 0.5) is 5.69 Å². The van der Waals surface area contributed by atoms with E-state index >= 15 is 0 Å². The topological polar surface area (TPSA) is 52.8 Å². The normalized spacial score (nSPS) is 18.4. The summed E-state index contributed by atoms with van der Waals surface area (Å²) >= 11 is 0. The minimum absolute atomic E-state index is 0.382. The van der Waals surface area contributed by atoms with Crippen molar-refractivity contribution in [2.75, 3.05) is 0 Å². The largest absolute Gasteiger partial charge is 0.238 e. The van der Waals surface area contributed by atoms with Gasteiger partial charge in [0, 0.05) is 6.07 Å². The Bertz CT molecular complexity index is 320. The van der Waals surface area contributed by atoms with E-state index in [1.54, 1.807) is 18.2 Å². The second-order valence-corrected chi connectivity index (χ2v) is 2.37. The van der Waals surface area contributed by atoms with E-state index in [4.69, 9.17) is 10.4 Å². The van der Waals surface area contributed by atoms with Gasteiger partial charge in [0.1, 0.15) is 11.1 Å². The summed E-state index contributed by atoms with van der Waals surface area (Å²) in [5, 5.41) is 21.7. The van der Waals surface area contributed by atoms with E-state index in [1.807, 2.05) is 6.07 Å². The molecule has 1 aromatic rings. The fourth-order valence-electron chi connectivity index (χ4n) is 1.07. The smallest absolute Gasteiger partial charge is 0.147 e. The number of hydrogen-bond donors (Lipinski definition) is 2. The van der Waals surface area contributed by atoms with E-state index in [0.29, 0.717) is 5.69 Å². The van der Waals surface area contributed by atoms with E-state index in [0.717, 1.165) is 5.56 Å². The molecule has 4 nitrogen and oxygen atoms in total. The van der Waals surface area contributed by atoms with Gasteiger partial charge in [-0.15, -0.1) is 10.4 Å². The van der Waals surface area contributed by atoms with Gasteiger partial charge in [-0.1, -0.05) is 12.1 Å². The summed E-state index contributed by atoms with van der Waals surface area (Å²) in [7, 11) is 0. The lowest BCUT2D eigenvalue weighted by molar-refractivity contribution is -0.288. The van der Waals surface area contributed by atoms with Gasteiger partial charge in [-0.2, -0.15) is 0 Å². The Morgan fingerprint density at radius 3 is 2.64 bits per heavy atom. The van der Waals surface area contributed by atoms with Crippen LogP contribution in [0.5, 0.6) is 0 Å². The zero-order chi connectivity index (χ0) is 7.90. The van der Waals surface area contributed by atoms with Crippen LogP contribution in [0.1, 0.15) is 5.56 Å². The van der Waals surface area contributed by atoms with E-state index < -0.39 is 4.92 Å². The van der Waals surface area contributed by atoms with Crippen LogP contribution in [0.15, 0.2) is 29.4 Å². The molecule has 0 spiro atoms. The SMILES string of the molecule is O[N+]1(O)N=Cc2ccccc21. The molecule has 11 heavy (non-hydrogen) atoms. The zero-order valence-corrected chi connectivity index (χ0v) is 5.68. The molecule has 1 aliphatic heterocycles. The van der Waals surface area contributed by atoms with Gasteiger partial charge in [0.15, 0.2) is 0 Å². The Balaban J connectivity index is 2.64. The Kier molecular flexibility index (Phi) is 1.11. The molecule has 1 aromatic carbocycles. The Morgan fingerprint density at radius 1 is 1.18 bits per heavy atom. The average Bonchev–Trinajstić information content (AvgIpc) is 2.29. The second kappa shape index (κ2) is 1.88. The lowest BCUT2D eigenvalue weighted by atomic mass is 10.2. The first-order chi connectivity index (χ1) is 5.20. The number of fused-ring (bicyclic) bond motifs is 1. The lowest BCUT2D eigenvalue weighted by Crippen LogP contribution is -2.33. The third kappa shape index (κ3) is 0.848. The van der Waals surface area contributed by atoms with Gasteiger partial charge < -0.3 is 0 Å². The summed E-state index contributed by atoms with van der Waals surface area (Å²) in [5.41, 5.74) is 1.12. The molecule has 0 aliphatic carbocycles. The molecule has 0 bridgehead atoms. The van der Waals surface area contributed by atoms with Gasteiger partial charge in [-0.05, 0) is 11.2 Å². The molecule has 0 unspecified atom stereocenters. The van der Waals surface area contributed by atoms with Gasteiger partial charge in [0.2, 0.25) is 5.69 Å². The monoisotopic (exact) mass is 151 g/mol. The van der Waals surface area contributed by atoms with E-state index in [2.05, 4.69) is 5.10 Å². The standard InChI is InChI=1S/C7H7N2O2/c10-9(11)7-4-2-1-3-6(7)5-8-9/h1-5,10-11H/q+1. The van der Waals surface area contributed by atoms with Crippen molar-refractivity contribution < 1.29 is 10.4 Å². The Hall–Kier alpha value is -1.23. The van der Waals surface area contributed by atoms with Crippen molar-refractivity contribution in [2.24, 2.45) is 5.10 Å². The molecule has 0 atom stereocenters. The van der Waals surface area contributed by atoms with Crippen molar-refractivity contribution in [3.05, 3.63) is 29.8 Å². The van der Waals surface area contributed by atoms with Crippen molar-refractivity contribution >= 4 is 11.9 Å². The molecule has 2 N–H and O–H groups in total. The summed E-state index contributed by atoms with van der Waals surface area (Å²) in [5.74, 6) is 0. The predicted octanol–water partition coefficient (Wildman–Crippen LogP) is 1.12. The maximum absolute atomic E-state index is 9.14. The summed E-state index contributed by atoms with van der Waals surface area (Å²) in [6.45, 7) is 0. The van der Waals surface area contributed by atoms with Gasteiger partial charge >= 0.3 is 0 Å². The van der Waals surface area contributed by atoms with Crippen LogP contribution < -0.4 is 4.92 Å². The fourth-order valence-corrected chi connectivity index (χ4v) is 1.07. The molecule has 0 radical (unpaired) electrons. The van der Waals surface area contributed by atoms with Crippen LogP contribution in [0.25, 0.3) is 0 Å². The molecule has 56 valence electrons. The van der Waals surface area contributed by atoms with Crippen molar-refractivity contribution in [2.45, 2.75) is 0 Å². The van der Waals surface area contributed by atoms with Crippen molar-refractivity contribution in [1.29, 1.82) is 0 Å². The minimum atomic E-state index is -1.38. The quantitative estimate of drug-likeness (QED) is 0.546. The number of benzene rings is 1. The van der Waals surface area contributed by atoms with Crippen LogP contribution in [0.3, 0.4) is 0 Å². The third-order valence-corrected chi connectivity index (χ3v) is 1.62. The van der Waals surface area contributed by atoms with Gasteiger partial charge in [0.25, 0.3) is 0 Å². The number of nitrogens with zero attached hydrogens (tertiary/aromatic N) is 2. The van der Waals surface area contributed by atoms with E-state index in [1.165, 1.54) is 6.21 Å². The fraction of sp³-hybridized carbons (Fsp3) is 0. The number of rotatable bonds is 0. The molecule has 4 heteroatoms. The van der Waals surface area contributed by atoms with Gasteiger partial charge in [-0.3, -0.25) is 0 Å². The van der Waals surface area contributed by atoms with Gasteiger partial charge in [-0.25, -0.2) is 0 Å². The lowest BCUT2D eigenvalue weighted by Gasteiger charge is -2.08. The highest BCUT2D eigenvalue weighted by Crippen LogP contribution is 2.27. The molecule has 1 aliphatic rings. The van der Waals surface area contributed by atoms with E-state index in [-0.39, 0.29) is 0 Å². The number of para-hydroxylation sites is 1. The first kappa shape index (κ1) is 6.48. The molecule has 0 aromatic heterocycles. The first-order valence-corrected chi connectivity index (χ1v) is 3.20. The third-order valence-electron chi connectivity index (χ3n) is 1.62. The summed E-state index contributed by atoms with van der Waals surface area (Å²) in [4.78, 5) is -1.38. The average molecular weight is 151 g/mol. The minimum Gasteiger partial charge on any atom is -0.147 e. The van der Waals surface area contributed by atoms with Crippen LogP contribution >= 0.6 is 0 Å². The van der Waals surface area contributed by atoms with Crippen molar-refractivity contribution in [1.82, 2.24) is 4.92 Å². The highest BCUT2D eigenvalue weighted by molar-refractivity contribution is 5.89. The Labute approximate surface area is 63.1 Å². The van der Waals surface area contributed by atoms with E-state index in [9.17, 15) is 0 Å². The molecule has 0 saturated carbocycles. The maximum Gasteiger partial charge on any atom is 0.238 e. The molecule has 2 rings (SSSR count). The van der Waals surface area contributed by atoms with Crippen LogP contribution in [-0.2, 0) is 0 Å². The summed E-state index contributed by atoms with van der Waals surface area (Å²) < 4.78 is 0. The first-order valence-electron chi connectivity index (χ1n) is 3.20. The number of quaternary nitrogens is 1. The molecular weight excluding hydrogens is 144 g/mol. The number of hydrogen-bond acceptors (Lipinski definition) is 3. The predicted molar refractivity (Wildman–Crippen MR) is 39.4 cm³/mol. The van der Waals surface area contributed by atoms with Crippen LogP contribution in [-0.4, -0.2) is 16.6 Å². The zero-order valence-electron chi connectivity index (χ0n) is 5.68. The van der Waals surface area contributed by atoms with Crippen molar-refractivity contribution in [3.63, 3.8) is 0 Å².